The van der Waals surface area contributed by atoms with E-state index in [9.17, 15) is 0 Å². The van der Waals surface area contributed by atoms with E-state index >= 15 is 0 Å². The molecule has 0 bridgehead atoms. The van der Waals surface area contributed by atoms with Gasteiger partial charge in [0.05, 0.1) is 0 Å². The molecule has 0 fully saturated rings. The van der Waals surface area contributed by atoms with Gasteiger partial charge >= 0.3 is 0 Å². The van der Waals surface area contributed by atoms with Crippen LogP contribution in [0, 0.1) is 6.92 Å². The Morgan fingerprint density at radius 1 is 1.25 bits per heavy atom. The molecule has 0 aliphatic carbocycles. The Kier molecular flexibility index (Phi) is 5.48. The van der Waals surface area contributed by atoms with Crippen molar-refractivity contribution < 1.29 is 4.74 Å². The van der Waals surface area contributed by atoms with Gasteiger partial charge in [0.15, 0.2) is 0 Å². The third-order valence-corrected chi connectivity index (χ3v) is 4.46. The Balaban J connectivity index is 1.46. The van der Waals surface area contributed by atoms with Crippen LogP contribution in [-0.2, 0) is 19.5 Å². The minimum absolute atomic E-state index is 0.475. The first-order chi connectivity index (χ1) is 11.6. The molecule has 0 saturated heterocycles. The molecule has 0 saturated carbocycles. The van der Waals surface area contributed by atoms with Gasteiger partial charge in [-0.1, -0.05) is 12.1 Å². The standard InChI is InChI=1S/C18H27N5O/c1-14-20-21-18-9-6-16(13-23(14)18)19-12-15-4-7-17(8-5-15)24-11-10-22(2)3/h4-5,7-8,16,19H,6,9-13H2,1-3H3/t16-/m0/s1. The van der Waals surface area contributed by atoms with Crippen molar-refractivity contribution in [2.24, 2.45) is 0 Å². The fourth-order valence-corrected chi connectivity index (χ4v) is 2.94. The number of hydrogen-bond acceptors (Lipinski definition) is 5. The minimum Gasteiger partial charge on any atom is -0.492 e. The van der Waals surface area contributed by atoms with E-state index in [1.807, 2.05) is 21.0 Å². The van der Waals surface area contributed by atoms with Crippen molar-refractivity contribution in [1.29, 1.82) is 0 Å². The fourth-order valence-electron chi connectivity index (χ4n) is 2.94. The molecular weight excluding hydrogens is 302 g/mol. The molecule has 6 heteroatoms. The smallest absolute Gasteiger partial charge is 0.133 e. The lowest BCUT2D eigenvalue weighted by molar-refractivity contribution is 0.261. The van der Waals surface area contributed by atoms with Gasteiger partial charge in [-0.15, -0.1) is 10.2 Å². The molecule has 1 aliphatic rings. The van der Waals surface area contributed by atoms with Crippen LogP contribution in [-0.4, -0.2) is 53.0 Å². The minimum atomic E-state index is 0.475. The van der Waals surface area contributed by atoms with Gasteiger partial charge in [0.25, 0.3) is 0 Å². The number of aromatic nitrogens is 3. The fraction of sp³-hybridized carbons (Fsp3) is 0.556. The molecule has 130 valence electrons. The largest absolute Gasteiger partial charge is 0.492 e. The van der Waals surface area contributed by atoms with Crippen LogP contribution >= 0.6 is 0 Å². The van der Waals surface area contributed by atoms with Crippen molar-refractivity contribution in [2.75, 3.05) is 27.2 Å². The zero-order valence-corrected chi connectivity index (χ0v) is 14.8. The number of likely N-dealkylation sites (N-methyl/N-ethyl adjacent to an activating group) is 1. The highest BCUT2D eigenvalue weighted by Gasteiger charge is 2.20. The van der Waals surface area contributed by atoms with Crippen LogP contribution in [0.15, 0.2) is 24.3 Å². The van der Waals surface area contributed by atoms with E-state index in [1.54, 1.807) is 0 Å². The maximum absolute atomic E-state index is 5.73. The van der Waals surface area contributed by atoms with E-state index in [4.69, 9.17) is 4.74 Å². The summed E-state index contributed by atoms with van der Waals surface area (Å²) >= 11 is 0. The zero-order valence-electron chi connectivity index (χ0n) is 14.8. The zero-order chi connectivity index (χ0) is 16.9. The number of aryl methyl sites for hydroxylation is 2. The van der Waals surface area contributed by atoms with Gasteiger partial charge in [-0.3, -0.25) is 0 Å². The number of ether oxygens (including phenoxy) is 1. The van der Waals surface area contributed by atoms with E-state index in [2.05, 4.69) is 49.2 Å². The van der Waals surface area contributed by atoms with Crippen LogP contribution in [0.1, 0.15) is 23.6 Å². The summed E-state index contributed by atoms with van der Waals surface area (Å²) in [5, 5.41) is 12.0. The van der Waals surface area contributed by atoms with Crippen molar-refractivity contribution in [1.82, 2.24) is 25.0 Å². The van der Waals surface area contributed by atoms with Gasteiger partial charge in [-0.25, -0.2) is 0 Å². The van der Waals surface area contributed by atoms with Crippen LogP contribution in [0.4, 0.5) is 0 Å². The molecule has 0 amide bonds. The molecule has 3 rings (SSSR count). The summed E-state index contributed by atoms with van der Waals surface area (Å²) in [5.74, 6) is 3.06. The van der Waals surface area contributed by atoms with E-state index in [-0.39, 0.29) is 0 Å². The molecule has 0 unspecified atom stereocenters. The second kappa shape index (κ2) is 7.77. The van der Waals surface area contributed by atoms with Gasteiger partial charge in [-0.2, -0.15) is 0 Å². The van der Waals surface area contributed by atoms with Crippen molar-refractivity contribution >= 4 is 0 Å². The number of fused-ring (bicyclic) bond motifs is 1. The number of benzene rings is 1. The highest BCUT2D eigenvalue weighted by atomic mass is 16.5. The lowest BCUT2D eigenvalue weighted by Gasteiger charge is -2.25. The molecule has 2 aromatic rings. The molecule has 1 aliphatic heterocycles. The second-order valence-corrected chi connectivity index (χ2v) is 6.69. The van der Waals surface area contributed by atoms with Gasteiger partial charge in [0.2, 0.25) is 0 Å². The Bertz CT molecular complexity index is 650. The number of hydrogen-bond donors (Lipinski definition) is 1. The average Bonchev–Trinajstić information content (AvgIpc) is 2.95. The Labute approximate surface area is 143 Å². The van der Waals surface area contributed by atoms with E-state index in [0.29, 0.717) is 12.6 Å². The van der Waals surface area contributed by atoms with Crippen molar-refractivity contribution in [3.8, 4) is 5.75 Å². The third-order valence-electron chi connectivity index (χ3n) is 4.46. The second-order valence-electron chi connectivity index (χ2n) is 6.69. The molecule has 6 nitrogen and oxygen atoms in total. The lowest BCUT2D eigenvalue weighted by Crippen LogP contribution is -2.37. The highest BCUT2D eigenvalue weighted by molar-refractivity contribution is 5.27. The number of nitrogens with one attached hydrogen (secondary N) is 1. The quantitative estimate of drug-likeness (QED) is 0.837. The van der Waals surface area contributed by atoms with Crippen molar-refractivity contribution in [2.45, 2.75) is 38.9 Å². The molecule has 1 aromatic heterocycles. The van der Waals surface area contributed by atoms with Gasteiger partial charge in [-0.05, 0) is 45.1 Å². The Hall–Kier alpha value is -1.92. The summed E-state index contributed by atoms with van der Waals surface area (Å²) in [6.45, 7) is 5.50. The first-order valence-electron chi connectivity index (χ1n) is 8.60. The summed E-state index contributed by atoms with van der Waals surface area (Å²) in [4.78, 5) is 2.12. The van der Waals surface area contributed by atoms with Crippen LogP contribution in [0.5, 0.6) is 5.75 Å². The van der Waals surface area contributed by atoms with Crippen molar-refractivity contribution in [3.63, 3.8) is 0 Å². The molecule has 0 radical (unpaired) electrons. The molecule has 2 heterocycles. The topological polar surface area (TPSA) is 55.2 Å². The molecular formula is C18H27N5O. The molecule has 1 N–H and O–H groups in total. The SMILES string of the molecule is Cc1nnc2n1C[C@@H](NCc1ccc(OCCN(C)C)cc1)CC2. The predicted molar refractivity (Wildman–Crippen MR) is 94.2 cm³/mol. The maximum Gasteiger partial charge on any atom is 0.133 e. The summed E-state index contributed by atoms with van der Waals surface area (Å²) < 4.78 is 7.96. The van der Waals surface area contributed by atoms with Gasteiger partial charge in [0, 0.05) is 32.1 Å². The monoisotopic (exact) mass is 329 g/mol. The van der Waals surface area contributed by atoms with E-state index < -0.39 is 0 Å². The number of rotatable bonds is 7. The third kappa shape index (κ3) is 4.33. The highest BCUT2D eigenvalue weighted by Crippen LogP contribution is 2.16. The van der Waals surface area contributed by atoms with Crippen LogP contribution < -0.4 is 10.1 Å². The Morgan fingerprint density at radius 3 is 2.79 bits per heavy atom. The first kappa shape index (κ1) is 16.9. The van der Waals surface area contributed by atoms with Crippen molar-refractivity contribution in [3.05, 3.63) is 41.5 Å². The molecule has 0 spiro atoms. The predicted octanol–water partition coefficient (Wildman–Crippen LogP) is 1.63. The number of nitrogens with zero attached hydrogens (tertiary/aromatic N) is 4. The summed E-state index contributed by atoms with van der Waals surface area (Å²) in [6, 6.07) is 8.85. The summed E-state index contributed by atoms with van der Waals surface area (Å²) in [6.07, 6.45) is 2.11. The lowest BCUT2D eigenvalue weighted by atomic mass is 10.1. The molecule has 1 atom stereocenters. The summed E-state index contributed by atoms with van der Waals surface area (Å²) in [5.41, 5.74) is 1.28. The van der Waals surface area contributed by atoms with Crippen LogP contribution in [0.3, 0.4) is 0 Å². The normalized spacial score (nSPS) is 17.1. The van der Waals surface area contributed by atoms with Crippen LogP contribution in [0.25, 0.3) is 0 Å². The van der Waals surface area contributed by atoms with Gasteiger partial charge < -0.3 is 19.5 Å². The molecule has 1 aromatic carbocycles. The van der Waals surface area contributed by atoms with E-state index in [1.165, 1.54) is 5.56 Å². The first-order valence-corrected chi connectivity index (χ1v) is 8.60. The Morgan fingerprint density at radius 2 is 2.04 bits per heavy atom. The molecule has 24 heavy (non-hydrogen) atoms. The average molecular weight is 329 g/mol. The maximum atomic E-state index is 5.73. The van der Waals surface area contributed by atoms with E-state index in [0.717, 1.165) is 49.9 Å². The summed E-state index contributed by atoms with van der Waals surface area (Å²) in [7, 11) is 4.10. The van der Waals surface area contributed by atoms with Crippen LogP contribution in [0.2, 0.25) is 0 Å². The van der Waals surface area contributed by atoms with Gasteiger partial charge in [0.1, 0.15) is 24.0 Å².